The highest BCUT2D eigenvalue weighted by atomic mass is 16.5. The van der Waals surface area contributed by atoms with E-state index in [9.17, 15) is 4.79 Å². The van der Waals surface area contributed by atoms with Gasteiger partial charge in [0.1, 0.15) is 5.75 Å². The first kappa shape index (κ1) is 14.9. The number of ether oxygens (including phenoxy) is 2. The minimum Gasteiger partial charge on any atom is -0.493 e. The van der Waals surface area contributed by atoms with E-state index in [1.165, 1.54) is 0 Å². The molecule has 1 heterocycles. The van der Waals surface area contributed by atoms with Gasteiger partial charge in [0.2, 0.25) is 5.91 Å². The van der Waals surface area contributed by atoms with Gasteiger partial charge in [-0.25, -0.2) is 0 Å². The molecule has 0 spiro atoms. The highest BCUT2D eigenvalue weighted by Gasteiger charge is 2.20. The molecular weight excluding hydrogens is 254 g/mol. The quantitative estimate of drug-likeness (QED) is 0.900. The van der Waals surface area contributed by atoms with Crippen molar-refractivity contribution < 1.29 is 14.3 Å². The van der Waals surface area contributed by atoms with Crippen LogP contribution >= 0.6 is 0 Å². The number of hydrogen-bond donors (Lipinski definition) is 1. The maximum Gasteiger partial charge on any atom is 0.222 e. The lowest BCUT2D eigenvalue weighted by atomic mass is 10.0. The van der Waals surface area contributed by atoms with Crippen molar-refractivity contribution in [1.29, 1.82) is 0 Å². The third kappa shape index (κ3) is 4.23. The standard InChI is InChI=1S/C16H23NO3/c1-12(2)19-11-9-16(18)17-14-7-5-10-20-15-8-4-3-6-13(14)15/h3-4,6,8,12,14H,5,7,9-11H2,1-2H3,(H,17,18)/t14-/m0/s1. The Labute approximate surface area is 120 Å². The number of fused-ring (bicyclic) bond motifs is 1. The SMILES string of the molecule is CC(C)OCCC(=O)N[C@H]1CCCOc2ccccc21. The Kier molecular flexibility index (Phi) is 5.41. The molecular formula is C16H23NO3. The molecule has 0 saturated carbocycles. The molecule has 1 aliphatic rings. The van der Waals surface area contributed by atoms with Crippen LogP contribution in [0.4, 0.5) is 0 Å². The van der Waals surface area contributed by atoms with Crippen LogP contribution < -0.4 is 10.1 Å². The van der Waals surface area contributed by atoms with Crippen LogP contribution in [0.25, 0.3) is 0 Å². The van der Waals surface area contributed by atoms with Crippen LogP contribution in [0.2, 0.25) is 0 Å². The fourth-order valence-electron chi connectivity index (χ4n) is 2.33. The van der Waals surface area contributed by atoms with Crippen molar-refractivity contribution in [3.63, 3.8) is 0 Å². The fraction of sp³-hybridized carbons (Fsp3) is 0.562. The first-order chi connectivity index (χ1) is 9.66. The van der Waals surface area contributed by atoms with Crippen molar-refractivity contribution in [2.24, 2.45) is 0 Å². The first-order valence-electron chi connectivity index (χ1n) is 7.29. The van der Waals surface area contributed by atoms with Crippen LogP contribution in [0.3, 0.4) is 0 Å². The van der Waals surface area contributed by atoms with E-state index in [0.717, 1.165) is 24.2 Å². The van der Waals surface area contributed by atoms with E-state index in [4.69, 9.17) is 9.47 Å². The molecule has 4 nitrogen and oxygen atoms in total. The molecule has 0 aromatic heterocycles. The Morgan fingerprint density at radius 3 is 3.05 bits per heavy atom. The highest BCUT2D eigenvalue weighted by molar-refractivity contribution is 5.76. The van der Waals surface area contributed by atoms with Crippen molar-refractivity contribution in [3.8, 4) is 5.75 Å². The van der Waals surface area contributed by atoms with Gasteiger partial charge in [-0.15, -0.1) is 0 Å². The Morgan fingerprint density at radius 1 is 1.45 bits per heavy atom. The van der Waals surface area contributed by atoms with Gasteiger partial charge in [-0.05, 0) is 32.8 Å². The number of amides is 1. The minimum absolute atomic E-state index is 0.0346. The van der Waals surface area contributed by atoms with E-state index in [-0.39, 0.29) is 18.1 Å². The second-order valence-corrected chi connectivity index (χ2v) is 5.32. The lowest BCUT2D eigenvalue weighted by Gasteiger charge is -2.18. The van der Waals surface area contributed by atoms with Gasteiger partial charge in [0.15, 0.2) is 0 Å². The molecule has 0 aliphatic carbocycles. The molecule has 0 unspecified atom stereocenters. The summed E-state index contributed by atoms with van der Waals surface area (Å²) in [6.07, 6.45) is 2.42. The van der Waals surface area contributed by atoms with Gasteiger partial charge in [0, 0.05) is 12.0 Å². The first-order valence-corrected chi connectivity index (χ1v) is 7.29. The Morgan fingerprint density at radius 2 is 2.25 bits per heavy atom. The van der Waals surface area contributed by atoms with Gasteiger partial charge in [-0.1, -0.05) is 18.2 Å². The topological polar surface area (TPSA) is 47.6 Å². The number of nitrogens with one attached hydrogen (secondary N) is 1. The lowest BCUT2D eigenvalue weighted by Crippen LogP contribution is -2.29. The zero-order chi connectivity index (χ0) is 14.4. The van der Waals surface area contributed by atoms with E-state index in [1.54, 1.807) is 0 Å². The molecule has 4 heteroatoms. The molecule has 0 saturated heterocycles. The molecule has 1 N–H and O–H groups in total. The largest absolute Gasteiger partial charge is 0.493 e. The molecule has 110 valence electrons. The predicted molar refractivity (Wildman–Crippen MR) is 77.8 cm³/mol. The van der Waals surface area contributed by atoms with Gasteiger partial charge >= 0.3 is 0 Å². The third-order valence-electron chi connectivity index (χ3n) is 3.30. The minimum atomic E-state index is 0.0346. The number of rotatable bonds is 5. The molecule has 1 aliphatic heterocycles. The maximum atomic E-state index is 12.0. The van der Waals surface area contributed by atoms with E-state index < -0.39 is 0 Å². The van der Waals surface area contributed by atoms with Crippen LogP contribution in [-0.4, -0.2) is 25.2 Å². The number of hydrogen-bond acceptors (Lipinski definition) is 3. The zero-order valence-corrected chi connectivity index (χ0v) is 12.2. The smallest absolute Gasteiger partial charge is 0.222 e. The van der Waals surface area contributed by atoms with E-state index in [1.807, 2.05) is 38.1 Å². The van der Waals surface area contributed by atoms with Crippen LogP contribution in [0.5, 0.6) is 5.75 Å². The maximum absolute atomic E-state index is 12.0. The molecule has 1 amide bonds. The molecule has 20 heavy (non-hydrogen) atoms. The summed E-state index contributed by atoms with van der Waals surface area (Å²) in [5, 5.41) is 3.09. The normalized spacial score (nSPS) is 18.1. The number of benzene rings is 1. The Hall–Kier alpha value is -1.55. The Balaban J connectivity index is 1.93. The molecule has 1 atom stereocenters. The number of para-hydroxylation sites is 1. The molecule has 1 aromatic rings. The number of carbonyl (C=O) groups is 1. The van der Waals surface area contributed by atoms with Gasteiger partial charge in [-0.3, -0.25) is 4.79 Å². The second-order valence-electron chi connectivity index (χ2n) is 5.32. The summed E-state index contributed by atoms with van der Waals surface area (Å²) < 4.78 is 11.1. The van der Waals surface area contributed by atoms with E-state index >= 15 is 0 Å². The summed E-state index contributed by atoms with van der Waals surface area (Å²) in [5.74, 6) is 0.918. The second kappa shape index (κ2) is 7.29. The van der Waals surface area contributed by atoms with Gasteiger partial charge < -0.3 is 14.8 Å². The zero-order valence-electron chi connectivity index (χ0n) is 12.2. The van der Waals surface area contributed by atoms with Crippen LogP contribution in [0.15, 0.2) is 24.3 Å². The van der Waals surface area contributed by atoms with Crippen LogP contribution in [-0.2, 0) is 9.53 Å². The molecule has 0 bridgehead atoms. The van der Waals surface area contributed by atoms with E-state index in [0.29, 0.717) is 19.6 Å². The summed E-state index contributed by atoms with van der Waals surface area (Å²) in [5.41, 5.74) is 1.07. The summed E-state index contributed by atoms with van der Waals surface area (Å²) >= 11 is 0. The highest BCUT2D eigenvalue weighted by Crippen LogP contribution is 2.31. The van der Waals surface area contributed by atoms with Crippen molar-refractivity contribution in [3.05, 3.63) is 29.8 Å². The van der Waals surface area contributed by atoms with Gasteiger partial charge in [0.25, 0.3) is 0 Å². The van der Waals surface area contributed by atoms with Crippen molar-refractivity contribution in [1.82, 2.24) is 5.32 Å². The average molecular weight is 277 g/mol. The Bertz CT molecular complexity index is 445. The molecule has 0 fully saturated rings. The summed E-state index contributed by atoms with van der Waals surface area (Å²) in [6, 6.07) is 7.96. The third-order valence-corrected chi connectivity index (χ3v) is 3.30. The number of carbonyl (C=O) groups excluding carboxylic acids is 1. The molecule has 2 rings (SSSR count). The predicted octanol–water partition coefficient (Wildman–Crippen LogP) is 2.83. The van der Waals surface area contributed by atoms with E-state index in [2.05, 4.69) is 5.32 Å². The van der Waals surface area contributed by atoms with Crippen molar-refractivity contribution in [2.75, 3.05) is 13.2 Å². The van der Waals surface area contributed by atoms with Gasteiger partial charge in [-0.2, -0.15) is 0 Å². The fourth-order valence-corrected chi connectivity index (χ4v) is 2.33. The average Bonchev–Trinajstić information content (AvgIpc) is 2.61. The summed E-state index contributed by atoms with van der Waals surface area (Å²) in [4.78, 5) is 12.0. The van der Waals surface area contributed by atoms with Crippen molar-refractivity contribution in [2.45, 2.75) is 45.3 Å². The lowest BCUT2D eigenvalue weighted by molar-refractivity contribution is -0.123. The van der Waals surface area contributed by atoms with Crippen LogP contribution in [0.1, 0.15) is 44.7 Å². The van der Waals surface area contributed by atoms with Crippen molar-refractivity contribution >= 4 is 5.91 Å². The molecule has 1 aromatic carbocycles. The van der Waals surface area contributed by atoms with Gasteiger partial charge in [0.05, 0.1) is 25.4 Å². The van der Waals surface area contributed by atoms with Crippen LogP contribution in [0, 0.1) is 0 Å². The summed E-state index contributed by atoms with van der Waals surface area (Å²) in [7, 11) is 0. The monoisotopic (exact) mass is 277 g/mol. The molecule has 0 radical (unpaired) electrons. The summed E-state index contributed by atoms with van der Waals surface area (Å²) in [6.45, 7) is 5.11.